The van der Waals surface area contributed by atoms with Gasteiger partial charge in [-0.25, -0.2) is 4.98 Å². The SMILES string of the molecule is N#Cc1ccc2c(c1)nc(Nc1cccc(Cl)c1)c1cscc12. The zero-order chi connectivity index (χ0) is 15.8. The average molecular weight is 336 g/mol. The maximum atomic E-state index is 9.10. The van der Waals surface area contributed by atoms with Crippen molar-refractivity contribution in [2.45, 2.75) is 0 Å². The number of pyridine rings is 1. The zero-order valence-corrected chi connectivity index (χ0v) is 13.4. The molecule has 1 N–H and O–H groups in total. The highest BCUT2D eigenvalue weighted by atomic mass is 35.5. The molecule has 110 valence electrons. The molecular formula is C18H10ClN3S. The van der Waals surface area contributed by atoms with Gasteiger partial charge in [-0.3, -0.25) is 0 Å². The van der Waals surface area contributed by atoms with Gasteiger partial charge in [-0.15, -0.1) is 0 Å². The molecule has 4 rings (SSSR count). The number of hydrogen-bond donors (Lipinski definition) is 1. The van der Waals surface area contributed by atoms with Gasteiger partial charge in [0.25, 0.3) is 0 Å². The normalized spacial score (nSPS) is 10.8. The van der Waals surface area contributed by atoms with Gasteiger partial charge in [-0.1, -0.05) is 23.7 Å². The van der Waals surface area contributed by atoms with Crippen molar-refractivity contribution in [3.05, 3.63) is 63.8 Å². The predicted octanol–water partition coefficient (Wildman–Crippen LogP) is 5.72. The van der Waals surface area contributed by atoms with Gasteiger partial charge in [0.05, 0.1) is 17.1 Å². The molecule has 0 saturated carbocycles. The minimum atomic E-state index is 0.605. The van der Waals surface area contributed by atoms with Gasteiger partial charge in [0, 0.05) is 32.2 Å². The summed E-state index contributed by atoms with van der Waals surface area (Å²) in [6.45, 7) is 0. The molecule has 23 heavy (non-hydrogen) atoms. The summed E-state index contributed by atoms with van der Waals surface area (Å²) in [5.41, 5.74) is 2.29. The third-order valence-corrected chi connectivity index (χ3v) is 4.63. The first kappa shape index (κ1) is 14.0. The lowest BCUT2D eigenvalue weighted by molar-refractivity contribution is 1.39. The molecule has 0 fully saturated rings. The Morgan fingerprint density at radius 1 is 1.04 bits per heavy atom. The van der Waals surface area contributed by atoms with E-state index in [9.17, 15) is 0 Å². The van der Waals surface area contributed by atoms with Crippen LogP contribution in [0.5, 0.6) is 0 Å². The number of nitriles is 1. The Morgan fingerprint density at radius 3 is 2.74 bits per heavy atom. The van der Waals surface area contributed by atoms with Crippen LogP contribution in [0.4, 0.5) is 11.5 Å². The van der Waals surface area contributed by atoms with Crippen molar-refractivity contribution in [1.82, 2.24) is 4.98 Å². The number of hydrogen-bond acceptors (Lipinski definition) is 4. The van der Waals surface area contributed by atoms with Crippen LogP contribution in [0.15, 0.2) is 53.2 Å². The Morgan fingerprint density at radius 2 is 1.91 bits per heavy atom. The molecule has 0 unspecified atom stereocenters. The second-order valence-corrected chi connectivity index (χ2v) is 6.32. The van der Waals surface area contributed by atoms with Crippen LogP contribution >= 0.6 is 22.9 Å². The Balaban J connectivity index is 1.93. The van der Waals surface area contributed by atoms with Crippen molar-refractivity contribution in [1.29, 1.82) is 5.26 Å². The molecule has 5 heteroatoms. The summed E-state index contributed by atoms with van der Waals surface area (Å²) < 4.78 is 0. The smallest absolute Gasteiger partial charge is 0.139 e. The van der Waals surface area contributed by atoms with E-state index < -0.39 is 0 Å². The van der Waals surface area contributed by atoms with Crippen molar-refractivity contribution in [2.75, 3.05) is 5.32 Å². The van der Waals surface area contributed by atoms with Crippen LogP contribution in [-0.4, -0.2) is 4.98 Å². The van der Waals surface area contributed by atoms with Gasteiger partial charge in [0.1, 0.15) is 5.82 Å². The van der Waals surface area contributed by atoms with Crippen LogP contribution < -0.4 is 5.32 Å². The molecular weight excluding hydrogens is 326 g/mol. The summed E-state index contributed by atoms with van der Waals surface area (Å²) in [6.07, 6.45) is 0. The molecule has 0 saturated heterocycles. The molecule has 0 aliphatic heterocycles. The molecule has 0 spiro atoms. The van der Waals surface area contributed by atoms with E-state index in [2.05, 4.69) is 22.1 Å². The van der Waals surface area contributed by atoms with Crippen molar-refractivity contribution in [3.63, 3.8) is 0 Å². The van der Waals surface area contributed by atoms with Gasteiger partial charge in [-0.05, 0) is 35.7 Å². The summed E-state index contributed by atoms with van der Waals surface area (Å²) in [7, 11) is 0. The second kappa shape index (κ2) is 5.54. The van der Waals surface area contributed by atoms with Crippen LogP contribution in [0.3, 0.4) is 0 Å². The molecule has 2 aromatic heterocycles. The van der Waals surface area contributed by atoms with Crippen molar-refractivity contribution in [3.8, 4) is 6.07 Å². The summed E-state index contributed by atoms with van der Waals surface area (Å²) in [5, 5.41) is 20.5. The first-order valence-electron chi connectivity index (χ1n) is 6.97. The minimum absolute atomic E-state index is 0.605. The molecule has 2 heterocycles. The maximum absolute atomic E-state index is 9.10. The Bertz CT molecular complexity index is 1080. The topological polar surface area (TPSA) is 48.7 Å². The number of thiophene rings is 1. The van der Waals surface area contributed by atoms with Crippen molar-refractivity contribution < 1.29 is 0 Å². The zero-order valence-electron chi connectivity index (χ0n) is 11.9. The quantitative estimate of drug-likeness (QED) is 0.509. The van der Waals surface area contributed by atoms with Crippen molar-refractivity contribution >= 4 is 56.1 Å². The molecule has 0 bridgehead atoms. The van der Waals surface area contributed by atoms with E-state index in [1.54, 1.807) is 11.3 Å². The van der Waals surface area contributed by atoms with Crippen LogP contribution in [0.25, 0.3) is 21.7 Å². The van der Waals surface area contributed by atoms with Crippen LogP contribution in [0.2, 0.25) is 5.02 Å². The number of fused-ring (bicyclic) bond motifs is 3. The number of anilines is 2. The number of nitrogens with one attached hydrogen (secondary N) is 1. The van der Waals surface area contributed by atoms with E-state index in [4.69, 9.17) is 21.8 Å². The van der Waals surface area contributed by atoms with E-state index in [1.807, 2.05) is 42.5 Å². The van der Waals surface area contributed by atoms with E-state index in [0.29, 0.717) is 10.6 Å². The minimum Gasteiger partial charge on any atom is -0.340 e. The highest BCUT2D eigenvalue weighted by Crippen LogP contribution is 2.34. The van der Waals surface area contributed by atoms with Gasteiger partial charge in [0.2, 0.25) is 0 Å². The number of aromatic nitrogens is 1. The lowest BCUT2D eigenvalue weighted by atomic mass is 10.1. The Hall–Kier alpha value is -2.61. The van der Waals surface area contributed by atoms with Crippen LogP contribution in [-0.2, 0) is 0 Å². The number of nitrogens with zero attached hydrogens (tertiary/aromatic N) is 2. The summed E-state index contributed by atoms with van der Waals surface area (Å²) in [5.74, 6) is 0.770. The summed E-state index contributed by atoms with van der Waals surface area (Å²) in [4.78, 5) is 4.71. The molecule has 0 aliphatic carbocycles. The predicted molar refractivity (Wildman–Crippen MR) is 96.6 cm³/mol. The van der Waals surface area contributed by atoms with Gasteiger partial charge >= 0.3 is 0 Å². The van der Waals surface area contributed by atoms with Crippen LogP contribution in [0, 0.1) is 11.3 Å². The fourth-order valence-corrected chi connectivity index (χ4v) is 3.61. The second-order valence-electron chi connectivity index (χ2n) is 5.14. The third kappa shape index (κ3) is 2.50. The molecule has 3 nitrogen and oxygen atoms in total. The molecule has 0 radical (unpaired) electrons. The van der Waals surface area contributed by atoms with Crippen LogP contribution in [0.1, 0.15) is 5.56 Å². The monoisotopic (exact) mass is 335 g/mol. The summed E-state index contributed by atoms with van der Waals surface area (Å²) >= 11 is 7.68. The molecule has 0 aliphatic rings. The number of benzene rings is 2. The maximum Gasteiger partial charge on any atom is 0.139 e. The highest BCUT2D eigenvalue weighted by molar-refractivity contribution is 7.09. The molecule has 4 aromatic rings. The van der Waals surface area contributed by atoms with Gasteiger partial charge in [0.15, 0.2) is 0 Å². The lowest BCUT2D eigenvalue weighted by Crippen LogP contribution is -1.95. The number of halogens is 1. The molecule has 0 atom stereocenters. The van der Waals surface area contributed by atoms with E-state index in [0.717, 1.165) is 33.2 Å². The van der Waals surface area contributed by atoms with Crippen molar-refractivity contribution in [2.24, 2.45) is 0 Å². The average Bonchev–Trinajstić information content (AvgIpc) is 3.04. The first-order valence-corrected chi connectivity index (χ1v) is 8.29. The fourth-order valence-electron chi connectivity index (χ4n) is 2.59. The van der Waals surface area contributed by atoms with Gasteiger partial charge < -0.3 is 5.32 Å². The fraction of sp³-hybridized carbons (Fsp3) is 0. The van der Waals surface area contributed by atoms with E-state index in [-0.39, 0.29) is 0 Å². The largest absolute Gasteiger partial charge is 0.340 e. The first-order chi connectivity index (χ1) is 11.2. The highest BCUT2D eigenvalue weighted by Gasteiger charge is 2.10. The Labute approximate surface area is 141 Å². The van der Waals surface area contributed by atoms with Gasteiger partial charge in [-0.2, -0.15) is 16.6 Å². The standard InChI is InChI=1S/C18H10ClN3S/c19-12-2-1-3-13(7-12)21-18-16-10-23-9-15(16)14-5-4-11(8-20)6-17(14)22-18/h1-7,9-10H,(H,21,22). The number of rotatable bonds is 2. The Kier molecular flexibility index (Phi) is 3.38. The molecule has 0 amide bonds. The molecule has 2 aromatic carbocycles. The third-order valence-electron chi connectivity index (χ3n) is 3.65. The summed E-state index contributed by atoms with van der Waals surface area (Å²) in [6, 6.07) is 15.3. The van der Waals surface area contributed by atoms with E-state index >= 15 is 0 Å². The lowest BCUT2D eigenvalue weighted by Gasteiger charge is -2.10. The van der Waals surface area contributed by atoms with E-state index in [1.165, 1.54) is 0 Å².